The van der Waals surface area contributed by atoms with Crippen molar-refractivity contribution in [3.8, 4) is 11.3 Å². The monoisotopic (exact) mass is 426 g/mol. The average Bonchev–Trinajstić information content (AvgIpc) is 3.26. The highest BCUT2D eigenvalue weighted by Gasteiger charge is 2.31. The molecule has 1 aromatic heterocycles. The molecule has 0 bridgehead atoms. The Bertz CT molecular complexity index is 1230. The number of aryl methyl sites for hydroxylation is 1. The molecule has 0 fully saturated rings. The fraction of sp³-hybridized carbons (Fsp3) is 0.100. The lowest BCUT2D eigenvalue weighted by molar-refractivity contribution is 0.411. The number of benzene rings is 2. The largest absolute Gasteiger partial charge is 0.510 e. The molecule has 2 heterocycles. The molecule has 2 aromatic carbocycles. The first kappa shape index (κ1) is 19.3. The molecule has 7 nitrogen and oxygen atoms in total. The highest BCUT2D eigenvalue weighted by molar-refractivity contribution is 7.89. The van der Waals surface area contributed by atoms with E-state index in [2.05, 4.69) is 4.98 Å². The van der Waals surface area contributed by atoms with Gasteiger partial charge in [0.25, 0.3) is 0 Å². The average molecular weight is 427 g/mol. The van der Waals surface area contributed by atoms with Gasteiger partial charge >= 0.3 is 0 Å². The number of primary sulfonamides is 1. The van der Waals surface area contributed by atoms with Gasteiger partial charge in [0, 0.05) is 16.6 Å². The summed E-state index contributed by atoms with van der Waals surface area (Å²) in [4.78, 5) is 6.19. The van der Waals surface area contributed by atoms with Gasteiger partial charge in [0.05, 0.1) is 22.7 Å². The first-order valence-corrected chi connectivity index (χ1v) is 11.1. The van der Waals surface area contributed by atoms with Gasteiger partial charge in [-0.15, -0.1) is 11.3 Å². The number of aliphatic hydroxyl groups is 1. The summed E-state index contributed by atoms with van der Waals surface area (Å²) in [6.07, 6.45) is 0. The Morgan fingerprint density at radius 3 is 2.41 bits per heavy atom. The number of hydrogen-bond donors (Lipinski definition) is 3. The number of aromatic nitrogens is 1. The van der Waals surface area contributed by atoms with E-state index in [1.54, 1.807) is 17.0 Å². The van der Waals surface area contributed by atoms with E-state index in [0.29, 0.717) is 16.3 Å². The van der Waals surface area contributed by atoms with Crippen LogP contribution in [-0.4, -0.2) is 30.9 Å². The first-order valence-electron chi connectivity index (χ1n) is 8.68. The molecule has 29 heavy (non-hydrogen) atoms. The smallest absolute Gasteiger partial charge is 0.238 e. The molecule has 0 spiro atoms. The third-order valence-corrected chi connectivity index (χ3v) is 6.43. The highest BCUT2D eigenvalue weighted by Crippen LogP contribution is 2.34. The molecule has 1 aliphatic rings. The fourth-order valence-corrected chi connectivity index (χ4v) is 4.50. The summed E-state index contributed by atoms with van der Waals surface area (Å²) < 4.78 is 22.8. The minimum atomic E-state index is -3.79. The number of amidine groups is 1. The zero-order valence-corrected chi connectivity index (χ0v) is 17.1. The Balaban J connectivity index is 1.61. The van der Waals surface area contributed by atoms with Crippen LogP contribution in [0, 0.1) is 12.3 Å². The molecule has 4 N–H and O–H groups in total. The number of thiazole rings is 1. The van der Waals surface area contributed by atoms with Crippen LogP contribution >= 0.6 is 11.3 Å². The van der Waals surface area contributed by atoms with Crippen LogP contribution in [0.15, 0.2) is 64.6 Å². The Kier molecular flexibility index (Phi) is 4.73. The van der Waals surface area contributed by atoms with Gasteiger partial charge in [0.2, 0.25) is 10.0 Å². The van der Waals surface area contributed by atoms with Gasteiger partial charge in [-0.1, -0.05) is 29.8 Å². The summed E-state index contributed by atoms with van der Waals surface area (Å²) >= 11 is 1.36. The molecule has 0 aliphatic carbocycles. The molecule has 0 atom stereocenters. The number of aliphatic hydroxyl groups excluding tert-OH is 1. The molecule has 1 aliphatic heterocycles. The summed E-state index contributed by atoms with van der Waals surface area (Å²) in [5.74, 6) is 0.158. The zero-order chi connectivity index (χ0) is 20.8. The predicted octanol–water partition coefficient (Wildman–Crippen LogP) is 3.53. The van der Waals surface area contributed by atoms with Gasteiger partial charge in [0.15, 0.2) is 0 Å². The molecule has 9 heteroatoms. The van der Waals surface area contributed by atoms with E-state index in [9.17, 15) is 13.5 Å². The summed E-state index contributed by atoms with van der Waals surface area (Å²) in [6.45, 7) is 2.13. The second kappa shape index (κ2) is 7.11. The minimum Gasteiger partial charge on any atom is -0.510 e. The lowest BCUT2D eigenvalue weighted by Crippen LogP contribution is -2.26. The van der Waals surface area contributed by atoms with Crippen molar-refractivity contribution in [1.29, 1.82) is 5.41 Å². The number of nitrogens with two attached hydrogens (primary N) is 1. The van der Waals surface area contributed by atoms with E-state index in [0.717, 1.165) is 16.8 Å². The topological polar surface area (TPSA) is 120 Å². The van der Waals surface area contributed by atoms with Crippen LogP contribution in [0.4, 0.5) is 5.69 Å². The van der Waals surface area contributed by atoms with Crippen molar-refractivity contribution in [2.45, 2.75) is 11.8 Å². The van der Waals surface area contributed by atoms with Gasteiger partial charge in [-0.25, -0.2) is 18.5 Å². The van der Waals surface area contributed by atoms with Crippen molar-refractivity contribution in [3.05, 3.63) is 70.2 Å². The number of hydrogen-bond acceptors (Lipinski definition) is 6. The van der Waals surface area contributed by atoms with Gasteiger partial charge < -0.3 is 10.0 Å². The molecule has 3 aromatic rings. The van der Waals surface area contributed by atoms with Crippen LogP contribution in [0.1, 0.15) is 10.6 Å². The van der Waals surface area contributed by atoms with Crippen LogP contribution in [0.5, 0.6) is 0 Å². The van der Waals surface area contributed by atoms with E-state index in [1.807, 2.05) is 36.6 Å². The van der Waals surface area contributed by atoms with Gasteiger partial charge in [-0.3, -0.25) is 5.41 Å². The van der Waals surface area contributed by atoms with E-state index in [1.165, 1.54) is 23.5 Å². The molecular formula is C20H18N4O3S2. The Morgan fingerprint density at radius 2 is 1.79 bits per heavy atom. The van der Waals surface area contributed by atoms with Crippen LogP contribution < -0.4 is 10.0 Å². The number of rotatable bonds is 4. The summed E-state index contributed by atoms with van der Waals surface area (Å²) in [6, 6.07) is 13.9. The molecular weight excluding hydrogens is 408 g/mol. The molecule has 0 saturated heterocycles. The molecule has 0 radical (unpaired) electrons. The van der Waals surface area contributed by atoms with E-state index < -0.39 is 10.0 Å². The van der Waals surface area contributed by atoms with E-state index in [-0.39, 0.29) is 23.0 Å². The fourth-order valence-electron chi connectivity index (χ4n) is 3.09. The quantitative estimate of drug-likeness (QED) is 0.589. The Hall–Kier alpha value is -3.01. The third-order valence-electron chi connectivity index (χ3n) is 4.65. The highest BCUT2D eigenvalue weighted by atomic mass is 32.2. The standard InChI is InChI=1S/C20H18N4O3S2/c1-12-2-4-13(5-3-12)16-11-28-20(23-16)18-17(25)10-24(19(18)21)14-6-8-15(9-7-14)29(22,26)27/h2-9,11,21,25H,10H2,1H3,(H2,22,26,27). The Morgan fingerprint density at radius 1 is 1.14 bits per heavy atom. The van der Waals surface area contributed by atoms with Crippen molar-refractivity contribution >= 4 is 38.5 Å². The van der Waals surface area contributed by atoms with Crippen molar-refractivity contribution in [1.82, 2.24) is 4.98 Å². The van der Waals surface area contributed by atoms with E-state index in [4.69, 9.17) is 10.5 Å². The maximum Gasteiger partial charge on any atom is 0.238 e. The van der Waals surface area contributed by atoms with Crippen molar-refractivity contribution in [3.63, 3.8) is 0 Å². The first-order chi connectivity index (χ1) is 13.7. The second-order valence-corrected chi connectivity index (χ2v) is 9.12. The number of anilines is 1. The van der Waals surface area contributed by atoms with Crippen molar-refractivity contribution in [2.75, 3.05) is 11.4 Å². The summed E-state index contributed by atoms with van der Waals surface area (Å²) in [5.41, 5.74) is 3.88. The predicted molar refractivity (Wildman–Crippen MR) is 115 cm³/mol. The maximum atomic E-state index is 11.4. The molecule has 0 unspecified atom stereocenters. The normalized spacial score (nSPS) is 14.7. The van der Waals surface area contributed by atoms with Gasteiger partial charge in [0.1, 0.15) is 16.6 Å². The summed E-state index contributed by atoms with van der Waals surface area (Å²) in [5, 5.41) is 26.6. The van der Waals surface area contributed by atoms with Gasteiger partial charge in [-0.05, 0) is 31.2 Å². The Labute approximate surface area is 172 Å². The van der Waals surface area contributed by atoms with Crippen molar-refractivity contribution < 1.29 is 13.5 Å². The number of sulfonamides is 1. The van der Waals surface area contributed by atoms with Crippen LogP contribution in [0.25, 0.3) is 16.8 Å². The number of nitrogens with one attached hydrogen (secondary N) is 1. The molecule has 0 saturated carbocycles. The minimum absolute atomic E-state index is 0.00737. The zero-order valence-electron chi connectivity index (χ0n) is 15.5. The number of nitrogens with zero attached hydrogens (tertiary/aromatic N) is 2. The SMILES string of the molecule is Cc1ccc(-c2csc(C3=C(O)CN(c4ccc(S(N)(=O)=O)cc4)C3=N)n2)cc1. The molecule has 4 rings (SSSR count). The third kappa shape index (κ3) is 3.67. The van der Waals surface area contributed by atoms with Crippen LogP contribution in [-0.2, 0) is 10.0 Å². The maximum absolute atomic E-state index is 11.4. The van der Waals surface area contributed by atoms with Crippen LogP contribution in [0.2, 0.25) is 0 Å². The lowest BCUT2D eigenvalue weighted by atomic mass is 10.1. The molecule has 0 amide bonds. The van der Waals surface area contributed by atoms with E-state index >= 15 is 0 Å². The van der Waals surface area contributed by atoms with Gasteiger partial charge in [-0.2, -0.15) is 0 Å². The lowest BCUT2D eigenvalue weighted by Gasteiger charge is -2.18. The molecule has 148 valence electrons. The summed E-state index contributed by atoms with van der Waals surface area (Å²) in [7, 11) is -3.79. The second-order valence-electron chi connectivity index (χ2n) is 6.70. The van der Waals surface area contributed by atoms with Crippen LogP contribution in [0.3, 0.4) is 0 Å². The van der Waals surface area contributed by atoms with Crippen molar-refractivity contribution in [2.24, 2.45) is 5.14 Å².